The maximum atomic E-state index is 9.65. The number of hydrogen-bond acceptors (Lipinski definition) is 3. The Morgan fingerprint density at radius 2 is 2.18 bits per heavy atom. The molecule has 0 unspecified atom stereocenters. The van der Waals surface area contributed by atoms with E-state index in [-0.39, 0.29) is 11.5 Å². The maximum absolute atomic E-state index is 9.65. The first-order valence-electron chi connectivity index (χ1n) is 6.51. The predicted molar refractivity (Wildman–Crippen MR) is 67.8 cm³/mol. The molecular formula is C13H23N3O. The van der Waals surface area contributed by atoms with E-state index in [4.69, 9.17) is 5.73 Å². The second kappa shape index (κ2) is 4.78. The second-order valence-electron chi connectivity index (χ2n) is 5.47. The Balaban J connectivity index is 2.31. The lowest BCUT2D eigenvalue weighted by Gasteiger charge is -2.38. The molecule has 4 heteroatoms. The fraction of sp³-hybridized carbons (Fsp3) is 0.769. The summed E-state index contributed by atoms with van der Waals surface area (Å²) < 4.78 is 2.07. The number of rotatable bonds is 3. The largest absolute Gasteiger partial charge is 0.393 e. The molecule has 17 heavy (non-hydrogen) atoms. The summed E-state index contributed by atoms with van der Waals surface area (Å²) in [6.07, 6.45) is 5.33. The highest BCUT2D eigenvalue weighted by atomic mass is 16.3. The van der Waals surface area contributed by atoms with Crippen LogP contribution in [0.2, 0.25) is 0 Å². The molecular weight excluding hydrogens is 214 g/mol. The van der Waals surface area contributed by atoms with Gasteiger partial charge in [-0.25, -0.2) is 0 Å². The molecule has 3 N–H and O–H groups in total. The van der Waals surface area contributed by atoms with Gasteiger partial charge in [0.1, 0.15) is 0 Å². The van der Waals surface area contributed by atoms with Gasteiger partial charge in [0.05, 0.1) is 6.10 Å². The SMILES string of the molecule is CC(C)n1nccc1C1(CN)CCC(O)CC1. The van der Waals surface area contributed by atoms with Gasteiger partial charge in [-0.1, -0.05) is 0 Å². The quantitative estimate of drug-likeness (QED) is 0.839. The highest BCUT2D eigenvalue weighted by molar-refractivity contribution is 5.19. The zero-order chi connectivity index (χ0) is 12.5. The molecule has 0 bridgehead atoms. The fourth-order valence-electron chi connectivity index (χ4n) is 2.87. The number of nitrogens with two attached hydrogens (primary N) is 1. The first kappa shape index (κ1) is 12.6. The highest BCUT2D eigenvalue weighted by Gasteiger charge is 2.37. The third kappa shape index (κ3) is 2.24. The smallest absolute Gasteiger partial charge is 0.0541 e. The van der Waals surface area contributed by atoms with Crippen LogP contribution in [0.1, 0.15) is 51.3 Å². The zero-order valence-electron chi connectivity index (χ0n) is 10.8. The van der Waals surface area contributed by atoms with Gasteiger partial charge in [0, 0.05) is 29.9 Å². The van der Waals surface area contributed by atoms with E-state index in [1.165, 1.54) is 5.69 Å². The number of nitrogens with zero attached hydrogens (tertiary/aromatic N) is 2. The van der Waals surface area contributed by atoms with Crippen molar-refractivity contribution in [2.75, 3.05) is 6.54 Å². The molecule has 0 aliphatic heterocycles. The van der Waals surface area contributed by atoms with E-state index >= 15 is 0 Å². The summed E-state index contributed by atoms with van der Waals surface area (Å²) in [6, 6.07) is 2.44. The number of aliphatic hydroxyl groups is 1. The standard InChI is InChI=1S/C13H23N3O/c1-10(2)16-12(5-8-15-16)13(9-14)6-3-11(17)4-7-13/h5,8,10-11,17H,3-4,6-7,9,14H2,1-2H3. The van der Waals surface area contributed by atoms with E-state index in [0.717, 1.165) is 25.7 Å². The van der Waals surface area contributed by atoms with Crippen LogP contribution in [0, 0.1) is 0 Å². The van der Waals surface area contributed by atoms with E-state index in [2.05, 4.69) is 29.7 Å². The van der Waals surface area contributed by atoms with E-state index < -0.39 is 0 Å². The van der Waals surface area contributed by atoms with Crippen molar-refractivity contribution in [2.45, 2.75) is 57.1 Å². The van der Waals surface area contributed by atoms with Crippen molar-refractivity contribution < 1.29 is 5.11 Å². The Morgan fingerprint density at radius 3 is 2.71 bits per heavy atom. The van der Waals surface area contributed by atoms with Crippen LogP contribution in [-0.2, 0) is 5.41 Å². The van der Waals surface area contributed by atoms with E-state index in [1.807, 2.05) is 6.20 Å². The highest BCUT2D eigenvalue weighted by Crippen LogP contribution is 2.39. The van der Waals surface area contributed by atoms with Crippen LogP contribution in [0.3, 0.4) is 0 Å². The molecule has 1 fully saturated rings. The molecule has 0 aromatic carbocycles. The van der Waals surface area contributed by atoms with Crippen molar-refractivity contribution in [2.24, 2.45) is 5.73 Å². The van der Waals surface area contributed by atoms with E-state index in [1.54, 1.807) is 0 Å². The lowest BCUT2D eigenvalue weighted by Crippen LogP contribution is -2.42. The Kier molecular flexibility index (Phi) is 3.54. The molecule has 2 rings (SSSR count). The Hall–Kier alpha value is -0.870. The second-order valence-corrected chi connectivity index (χ2v) is 5.47. The summed E-state index contributed by atoms with van der Waals surface area (Å²) >= 11 is 0. The first-order chi connectivity index (χ1) is 8.09. The molecule has 96 valence electrons. The third-order valence-corrected chi connectivity index (χ3v) is 4.01. The van der Waals surface area contributed by atoms with Gasteiger partial charge in [0.15, 0.2) is 0 Å². The topological polar surface area (TPSA) is 64.1 Å². The monoisotopic (exact) mass is 237 g/mol. The first-order valence-corrected chi connectivity index (χ1v) is 6.51. The van der Waals surface area contributed by atoms with Crippen LogP contribution < -0.4 is 5.73 Å². The summed E-state index contributed by atoms with van der Waals surface area (Å²) in [4.78, 5) is 0. The Morgan fingerprint density at radius 1 is 1.53 bits per heavy atom. The van der Waals surface area contributed by atoms with Gasteiger partial charge in [-0.05, 0) is 45.6 Å². The summed E-state index contributed by atoms with van der Waals surface area (Å²) in [5.41, 5.74) is 7.27. The molecule has 1 aliphatic rings. The third-order valence-electron chi connectivity index (χ3n) is 4.01. The fourth-order valence-corrected chi connectivity index (χ4v) is 2.87. The van der Waals surface area contributed by atoms with Crippen LogP contribution in [0.4, 0.5) is 0 Å². The lowest BCUT2D eigenvalue weighted by atomic mass is 9.71. The summed E-state index contributed by atoms with van der Waals surface area (Å²) in [5.74, 6) is 0. The Labute approximate surface area is 103 Å². The molecule has 0 atom stereocenters. The number of aliphatic hydroxyl groups excluding tert-OH is 1. The average Bonchev–Trinajstić information content (AvgIpc) is 2.80. The summed E-state index contributed by atoms with van der Waals surface area (Å²) in [6.45, 7) is 4.91. The van der Waals surface area contributed by atoms with Crippen LogP contribution in [-0.4, -0.2) is 27.5 Å². The molecule has 1 aromatic rings. The minimum absolute atomic E-state index is 0.0139. The Bertz CT molecular complexity index is 364. The molecule has 0 saturated heterocycles. The van der Waals surface area contributed by atoms with Gasteiger partial charge >= 0.3 is 0 Å². The van der Waals surface area contributed by atoms with Crippen molar-refractivity contribution in [3.8, 4) is 0 Å². The van der Waals surface area contributed by atoms with Crippen molar-refractivity contribution in [3.05, 3.63) is 18.0 Å². The predicted octanol–water partition coefficient (Wildman–Crippen LogP) is 1.60. The van der Waals surface area contributed by atoms with Gasteiger partial charge in [0.2, 0.25) is 0 Å². The molecule has 0 amide bonds. The molecule has 1 heterocycles. The number of aromatic nitrogens is 2. The molecule has 1 aromatic heterocycles. The number of hydrogen-bond donors (Lipinski definition) is 2. The van der Waals surface area contributed by atoms with Gasteiger partial charge < -0.3 is 10.8 Å². The van der Waals surface area contributed by atoms with Crippen molar-refractivity contribution in [1.29, 1.82) is 0 Å². The average molecular weight is 237 g/mol. The zero-order valence-corrected chi connectivity index (χ0v) is 10.8. The molecule has 1 saturated carbocycles. The van der Waals surface area contributed by atoms with E-state index in [9.17, 15) is 5.11 Å². The van der Waals surface area contributed by atoms with Gasteiger partial charge in [-0.3, -0.25) is 4.68 Å². The van der Waals surface area contributed by atoms with Crippen LogP contribution in [0.15, 0.2) is 12.3 Å². The normalized spacial score (nSPS) is 29.8. The summed E-state index contributed by atoms with van der Waals surface area (Å²) in [7, 11) is 0. The van der Waals surface area contributed by atoms with Crippen molar-refractivity contribution >= 4 is 0 Å². The lowest BCUT2D eigenvalue weighted by molar-refractivity contribution is 0.0941. The minimum atomic E-state index is -0.148. The van der Waals surface area contributed by atoms with Crippen LogP contribution in [0.5, 0.6) is 0 Å². The summed E-state index contributed by atoms with van der Waals surface area (Å²) in [5, 5.41) is 14.1. The van der Waals surface area contributed by atoms with Crippen LogP contribution in [0.25, 0.3) is 0 Å². The van der Waals surface area contributed by atoms with Gasteiger partial charge in [-0.2, -0.15) is 5.10 Å². The molecule has 0 spiro atoms. The molecule has 1 aliphatic carbocycles. The van der Waals surface area contributed by atoms with Crippen molar-refractivity contribution in [3.63, 3.8) is 0 Å². The minimum Gasteiger partial charge on any atom is -0.393 e. The molecule has 0 radical (unpaired) electrons. The van der Waals surface area contributed by atoms with Crippen LogP contribution >= 0.6 is 0 Å². The van der Waals surface area contributed by atoms with E-state index in [0.29, 0.717) is 12.6 Å². The van der Waals surface area contributed by atoms with Gasteiger partial charge in [0.25, 0.3) is 0 Å². The van der Waals surface area contributed by atoms with Gasteiger partial charge in [-0.15, -0.1) is 0 Å². The van der Waals surface area contributed by atoms with Crippen molar-refractivity contribution in [1.82, 2.24) is 9.78 Å². The maximum Gasteiger partial charge on any atom is 0.0541 e. The molecule has 4 nitrogen and oxygen atoms in total.